The zero-order chi connectivity index (χ0) is 9.52. The van der Waals surface area contributed by atoms with Gasteiger partial charge in [0, 0.05) is 6.61 Å². The van der Waals surface area contributed by atoms with Gasteiger partial charge in [-0.25, -0.2) is 0 Å². The van der Waals surface area contributed by atoms with E-state index in [1.807, 2.05) is 14.0 Å². The van der Waals surface area contributed by atoms with Crippen LogP contribution in [0, 0.1) is 0 Å². The molecule has 0 aliphatic heterocycles. The van der Waals surface area contributed by atoms with E-state index in [0.717, 1.165) is 6.61 Å². The van der Waals surface area contributed by atoms with E-state index >= 15 is 0 Å². The first-order valence-electron chi connectivity index (χ1n) is 4.40. The van der Waals surface area contributed by atoms with Gasteiger partial charge in [0.1, 0.15) is 0 Å². The molecule has 0 aliphatic rings. The van der Waals surface area contributed by atoms with Gasteiger partial charge in [-0.1, -0.05) is 5.16 Å². The van der Waals surface area contributed by atoms with Gasteiger partial charge in [-0.2, -0.15) is 4.98 Å². The molecule has 13 heavy (non-hydrogen) atoms. The average molecular weight is 185 g/mol. The molecule has 0 radical (unpaired) electrons. The Labute approximate surface area is 77.5 Å². The molecule has 1 aromatic heterocycles. The lowest BCUT2D eigenvalue weighted by Crippen LogP contribution is -2.06. The van der Waals surface area contributed by atoms with E-state index in [9.17, 15) is 0 Å². The van der Waals surface area contributed by atoms with E-state index < -0.39 is 0 Å². The van der Waals surface area contributed by atoms with Crippen molar-refractivity contribution in [3.8, 4) is 0 Å². The number of nitrogens with one attached hydrogen (secondary N) is 1. The monoisotopic (exact) mass is 185 g/mol. The molecule has 0 aromatic carbocycles. The molecule has 5 heteroatoms. The minimum Gasteiger partial charge on any atom is -0.381 e. The highest BCUT2D eigenvalue weighted by Gasteiger charge is 2.04. The Morgan fingerprint density at radius 3 is 3.08 bits per heavy atom. The molecule has 74 valence electrons. The van der Waals surface area contributed by atoms with Crippen LogP contribution in [0.2, 0.25) is 0 Å². The van der Waals surface area contributed by atoms with Crippen molar-refractivity contribution >= 4 is 0 Å². The van der Waals surface area contributed by atoms with Crippen LogP contribution >= 0.6 is 0 Å². The van der Waals surface area contributed by atoms with E-state index in [4.69, 9.17) is 9.26 Å². The van der Waals surface area contributed by atoms with Crippen molar-refractivity contribution in [1.29, 1.82) is 0 Å². The second-order valence-corrected chi connectivity index (χ2v) is 2.58. The van der Waals surface area contributed by atoms with Gasteiger partial charge in [0.25, 0.3) is 0 Å². The zero-order valence-corrected chi connectivity index (χ0v) is 8.04. The summed E-state index contributed by atoms with van der Waals surface area (Å²) in [5.41, 5.74) is 0. The number of hydrogen-bond donors (Lipinski definition) is 1. The van der Waals surface area contributed by atoms with Crippen molar-refractivity contribution in [2.45, 2.75) is 19.9 Å². The van der Waals surface area contributed by atoms with E-state index in [-0.39, 0.29) is 0 Å². The number of nitrogens with zero attached hydrogens (tertiary/aromatic N) is 2. The normalized spacial score (nSPS) is 10.6. The molecule has 0 unspecified atom stereocenters. The molecule has 0 atom stereocenters. The molecule has 0 saturated heterocycles. The van der Waals surface area contributed by atoms with Crippen LogP contribution in [-0.4, -0.2) is 30.4 Å². The van der Waals surface area contributed by atoms with Crippen molar-refractivity contribution in [3.05, 3.63) is 11.7 Å². The maximum absolute atomic E-state index is 5.16. The first kappa shape index (κ1) is 10.1. The van der Waals surface area contributed by atoms with Crippen LogP contribution < -0.4 is 5.32 Å². The predicted octanol–water partition coefficient (Wildman–Crippen LogP) is 0.368. The highest BCUT2D eigenvalue weighted by Crippen LogP contribution is 1.98. The van der Waals surface area contributed by atoms with Crippen molar-refractivity contribution in [1.82, 2.24) is 15.5 Å². The number of rotatable bonds is 6. The lowest BCUT2D eigenvalue weighted by Gasteiger charge is -1.94. The highest BCUT2D eigenvalue weighted by atomic mass is 16.5. The van der Waals surface area contributed by atoms with Gasteiger partial charge in [-0.3, -0.25) is 0 Å². The van der Waals surface area contributed by atoms with Gasteiger partial charge >= 0.3 is 0 Å². The van der Waals surface area contributed by atoms with Crippen LogP contribution in [0.15, 0.2) is 4.52 Å². The predicted molar refractivity (Wildman–Crippen MR) is 47.3 cm³/mol. The quantitative estimate of drug-likeness (QED) is 0.649. The Hall–Kier alpha value is -0.940. The molecule has 0 fully saturated rings. The topological polar surface area (TPSA) is 60.2 Å². The Balaban J connectivity index is 2.31. The third-order valence-corrected chi connectivity index (χ3v) is 1.51. The maximum Gasteiger partial charge on any atom is 0.229 e. The van der Waals surface area contributed by atoms with Crippen molar-refractivity contribution in [3.63, 3.8) is 0 Å². The Morgan fingerprint density at radius 2 is 2.38 bits per heavy atom. The van der Waals surface area contributed by atoms with Crippen LogP contribution in [0.1, 0.15) is 18.6 Å². The molecule has 1 aromatic rings. The first-order chi connectivity index (χ1) is 6.36. The summed E-state index contributed by atoms with van der Waals surface area (Å²) in [6.45, 7) is 3.95. The SMILES string of the molecule is CCOCCc1nc(CNC)no1. The van der Waals surface area contributed by atoms with Crippen LogP contribution in [0.5, 0.6) is 0 Å². The maximum atomic E-state index is 5.16. The fourth-order valence-corrected chi connectivity index (χ4v) is 0.925. The lowest BCUT2D eigenvalue weighted by molar-refractivity contribution is 0.144. The van der Waals surface area contributed by atoms with Gasteiger partial charge in [0.15, 0.2) is 5.82 Å². The van der Waals surface area contributed by atoms with Gasteiger partial charge in [0.2, 0.25) is 5.89 Å². The summed E-state index contributed by atoms with van der Waals surface area (Å²) in [7, 11) is 1.84. The smallest absolute Gasteiger partial charge is 0.229 e. The van der Waals surface area contributed by atoms with Gasteiger partial charge in [-0.05, 0) is 14.0 Å². The number of ether oxygens (including phenoxy) is 1. The van der Waals surface area contributed by atoms with Gasteiger partial charge in [-0.15, -0.1) is 0 Å². The standard InChI is InChI=1S/C8H15N3O2/c1-3-12-5-4-8-10-7(6-9-2)11-13-8/h9H,3-6H2,1-2H3. The molecule has 1 heterocycles. The third kappa shape index (κ3) is 3.52. The van der Waals surface area contributed by atoms with Crippen molar-refractivity contribution < 1.29 is 9.26 Å². The Morgan fingerprint density at radius 1 is 1.54 bits per heavy atom. The fourth-order valence-electron chi connectivity index (χ4n) is 0.925. The van der Waals surface area contributed by atoms with E-state index in [2.05, 4.69) is 15.5 Å². The van der Waals surface area contributed by atoms with E-state index in [1.165, 1.54) is 0 Å². The summed E-state index contributed by atoms with van der Waals surface area (Å²) in [6, 6.07) is 0. The molecule has 0 bridgehead atoms. The van der Waals surface area contributed by atoms with Gasteiger partial charge in [0.05, 0.1) is 19.6 Å². The zero-order valence-electron chi connectivity index (χ0n) is 8.04. The minimum absolute atomic E-state index is 0.637. The second-order valence-electron chi connectivity index (χ2n) is 2.58. The molecule has 0 aliphatic carbocycles. The molecular formula is C8H15N3O2. The summed E-state index contributed by atoms with van der Waals surface area (Å²) < 4.78 is 10.1. The van der Waals surface area contributed by atoms with Gasteiger partial charge < -0.3 is 14.6 Å². The molecule has 1 rings (SSSR count). The number of hydrogen-bond acceptors (Lipinski definition) is 5. The van der Waals surface area contributed by atoms with Crippen LogP contribution in [0.4, 0.5) is 0 Å². The first-order valence-corrected chi connectivity index (χ1v) is 4.40. The summed E-state index contributed by atoms with van der Waals surface area (Å²) in [6.07, 6.45) is 0.685. The fraction of sp³-hybridized carbons (Fsp3) is 0.750. The molecule has 0 spiro atoms. The van der Waals surface area contributed by atoms with Crippen LogP contribution in [0.3, 0.4) is 0 Å². The molecule has 0 amide bonds. The van der Waals surface area contributed by atoms with Crippen LogP contribution in [-0.2, 0) is 17.7 Å². The highest BCUT2D eigenvalue weighted by molar-refractivity contribution is 4.85. The summed E-state index contributed by atoms with van der Waals surface area (Å²) in [5.74, 6) is 1.33. The lowest BCUT2D eigenvalue weighted by atomic mass is 10.4. The molecule has 0 saturated carbocycles. The Kier molecular flexibility index (Phi) is 4.42. The van der Waals surface area contributed by atoms with Crippen molar-refractivity contribution in [2.75, 3.05) is 20.3 Å². The van der Waals surface area contributed by atoms with E-state index in [1.54, 1.807) is 0 Å². The average Bonchev–Trinajstić information content (AvgIpc) is 2.54. The largest absolute Gasteiger partial charge is 0.381 e. The molecule has 5 nitrogen and oxygen atoms in total. The molecular weight excluding hydrogens is 170 g/mol. The number of aromatic nitrogens is 2. The van der Waals surface area contributed by atoms with Crippen molar-refractivity contribution in [2.24, 2.45) is 0 Å². The summed E-state index contributed by atoms with van der Waals surface area (Å²) >= 11 is 0. The third-order valence-electron chi connectivity index (χ3n) is 1.51. The molecule has 1 N–H and O–H groups in total. The minimum atomic E-state index is 0.637. The summed E-state index contributed by atoms with van der Waals surface area (Å²) in [5, 5.41) is 6.73. The van der Waals surface area contributed by atoms with E-state index in [0.29, 0.717) is 31.3 Å². The Bertz CT molecular complexity index is 237. The second kappa shape index (κ2) is 5.66. The van der Waals surface area contributed by atoms with Crippen LogP contribution in [0.25, 0.3) is 0 Å². The summed E-state index contributed by atoms with van der Waals surface area (Å²) in [4.78, 5) is 4.15.